The largest absolute Gasteiger partial charge is 0.398 e. The summed E-state index contributed by atoms with van der Waals surface area (Å²) in [7, 11) is 0. The van der Waals surface area contributed by atoms with Gasteiger partial charge >= 0.3 is 0 Å². The van der Waals surface area contributed by atoms with E-state index in [1.807, 2.05) is 0 Å². The summed E-state index contributed by atoms with van der Waals surface area (Å²) in [5, 5.41) is 0. The highest BCUT2D eigenvalue weighted by molar-refractivity contribution is 7.98. The van der Waals surface area contributed by atoms with Crippen molar-refractivity contribution in [1.29, 1.82) is 0 Å². The Morgan fingerprint density at radius 3 is 2.61 bits per heavy atom. The zero-order valence-electron chi connectivity index (χ0n) is 10.5. The van der Waals surface area contributed by atoms with E-state index in [0.29, 0.717) is 17.0 Å². The van der Waals surface area contributed by atoms with E-state index in [1.165, 1.54) is 22.1 Å². The quantitative estimate of drug-likeness (QED) is 0.658. The van der Waals surface area contributed by atoms with Gasteiger partial charge in [0.2, 0.25) is 0 Å². The molecule has 0 aliphatic carbocycles. The van der Waals surface area contributed by atoms with Gasteiger partial charge in [-0.15, -0.1) is 11.8 Å². The number of hydrogen-bond acceptors (Lipinski definition) is 2. The molecular formula is C15H16FNS. The van der Waals surface area contributed by atoms with Gasteiger partial charge in [0.1, 0.15) is 5.82 Å². The lowest BCUT2D eigenvalue weighted by Crippen LogP contribution is -1.96. The molecule has 0 aliphatic rings. The number of nitrogens with two attached hydrogens (primary N) is 1. The molecule has 0 aliphatic heterocycles. The molecule has 2 aromatic carbocycles. The lowest BCUT2D eigenvalue weighted by molar-refractivity contribution is 0.618. The molecular weight excluding hydrogens is 245 g/mol. The number of nitrogen functional groups attached to an aromatic ring is 1. The highest BCUT2D eigenvalue weighted by atomic mass is 32.2. The molecule has 0 saturated carbocycles. The molecule has 2 rings (SSSR count). The first-order chi connectivity index (χ1) is 8.58. The number of rotatable bonds is 3. The highest BCUT2D eigenvalue weighted by Gasteiger charge is 2.07. The minimum atomic E-state index is -0.229. The van der Waals surface area contributed by atoms with Crippen molar-refractivity contribution in [1.82, 2.24) is 0 Å². The van der Waals surface area contributed by atoms with Crippen molar-refractivity contribution >= 4 is 17.4 Å². The molecule has 0 bridgehead atoms. The Hall–Kier alpha value is -1.48. The van der Waals surface area contributed by atoms with Crippen LogP contribution < -0.4 is 5.73 Å². The van der Waals surface area contributed by atoms with E-state index in [2.05, 4.69) is 32.0 Å². The van der Waals surface area contributed by atoms with Crippen LogP contribution in [0, 0.1) is 19.7 Å². The van der Waals surface area contributed by atoms with Crippen LogP contribution in [0.5, 0.6) is 0 Å². The van der Waals surface area contributed by atoms with Crippen LogP contribution in [0.1, 0.15) is 16.7 Å². The summed E-state index contributed by atoms with van der Waals surface area (Å²) in [6.07, 6.45) is 0. The molecule has 94 valence electrons. The summed E-state index contributed by atoms with van der Waals surface area (Å²) in [6.45, 7) is 4.14. The van der Waals surface area contributed by atoms with Crippen LogP contribution in [0.15, 0.2) is 41.3 Å². The van der Waals surface area contributed by atoms with Crippen molar-refractivity contribution in [2.45, 2.75) is 24.5 Å². The van der Waals surface area contributed by atoms with Gasteiger partial charge in [0.05, 0.1) is 0 Å². The fourth-order valence-electron chi connectivity index (χ4n) is 1.84. The lowest BCUT2D eigenvalue weighted by Gasteiger charge is -2.09. The van der Waals surface area contributed by atoms with Crippen LogP contribution in [-0.2, 0) is 5.75 Å². The van der Waals surface area contributed by atoms with E-state index in [-0.39, 0.29) is 5.82 Å². The predicted molar refractivity (Wildman–Crippen MR) is 76.3 cm³/mol. The normalized spacial score (nSPS) is 10.6. The van der Waals surface area contributed by atoms with E-state index in [4.69, 9.17) is 5.73 Å². The van der Waals surface area contributed by atoms with Gasteiger partial charge in [-0.05, 0) is 37.6 Å². The fraction of sp³-hybridized carbons (Fsp3) is 0.200. The van der Waals surface area contributed by atoms with Gasteiger partial charge in [-0.3, -0.25) is 0 Å². The number of anilines is 1. The van der Waals surface area contributed by atoms with Crippen LogP contribution in [0.3, 0.4) is 0 Å². The van der Waals surface area contributed by atoms with E-state index >= 15 is 0 Å². The minimum absolute atomic E-state index is 0.229. The number of aryl methyl sites for hydroxylation is 2. The third kappa shape index (κ3) is 2.85. The maximum absolute atomic E-state index is 13.6. The molecule has 18 heavy (non-hydrogen) atoms. The molecule has 0 amide bonds. The molecule has 1 nitrogen and oxygen atoms in total. The Bertz CT molecular complexity index is 546. The molecule has 0 spiro atoms. The second-order valence-corrected chi connectivity index (χ2v) is 5.38. The van der Waals surface area contributed by atoms with Crippen molar-refractivity contribution in [2.24, 2.45) is 0 Å². The number of benzene rings is 2. The van der Waals surface area contributed by atoms with Gasteiger partial charge in [-0.1, -0.05) is 23.8 Å². The van der Waals surface area contributed by atoms with E-state index in [0.717, 1.165) is 0 Å². The molecule has 0 aromatic heterocycles. The average Bonchev–Trinajstić information content (AvgIpc) is 2.31. The van der Waals surface area contributed by atoms with E-state index in [9.17, 15) is 4.39 Å². The van der Waals surface area contributed by atoms with Crippen molar-refractivity contribution in [3.05, 3.63) is 58.9 Å². The van der Waals surface area contributed by atoms with E-state index < -0.39 is 0 Å². The molecule has 0 fully saturated rings. The summed E-state index contributed by atoms with van der Waals surface area (Å²) < 4.78 is 13.6. The van der Waals surface area contributed by atoms with Gasteiger partial charge in [-0.25, -0.2) is 4.39 Å². The standard InChI is InChI=1S/C15H16FNS/c1-10-6-7-15(11(2)8-10)18-9-12-13(16)4-3-5-14(12)17/h3-8H,9,17H2,1-2H3. The average molecular weight is 261 g/mol. The number of hydrogen-bond donors (Lipinski definition) is 1. The summed E-state index contributed by atoms with van der Waals surface area (Å²) in [4.78, 5) is 1.17. The lowest BCUT2D eigenvalue weighted by atomic mass is 10.2. The first kappa shape index (κ1) is 13.0. The van der Waals surface area contributed by atoms with Crippen molar-refractivity contribution in [3.63, 3.8) is 0 Å². The first-order valence-electron chi connectivity index (χ1n) is 5.81. The molecule has 0 radical (unpaired) electrons. The summed E-state index contributed by atoms with van der Waals surface area (Å²) in [5.41, 5.74) is 9.36. The topological polar surface area (TPSA) is 26.0 Å². The fourth-order valence-corrected chi connectivity index (χ4v) is 2.89. The molecule has 0 atom stereocenters. The van der Waals surface area contributed by atoms with Gasteiger partial charge in [0, 0.05) is 21.9 Å². The summed E-state index contributed by atoms with van der Waals surface area (Å²) in [6, 6.07) is 11.1. The molecule has 2 N–H and O–H groups in total. The van der Waals surface area contributed by atoms with Crippen LogP contribution in [-0.4, -0.2) is 0 Å². The Kier molecular flexibility index (Phi) is 3.92. The zero-order chi connectivity index (χ0) is 13.1. The van der Waals surface area contributed by atoms with Crippen LogP contribution in [0.4, 0.5) is 10.1 Å². The minimum Gasteiger partial charge on any atom is -0.398 e. The van der Waals surface area contributed by atoms with Gasteiger partial charge < -0.3 is 5.73 Å². The summed E-state index contributed by atoms with van der Waals surface area (Å²) >= 11 is 1.62. The Morgan fingerprint density at radius 1 is 1.17 bits per heavy atom. The summed E-state index contributed by atoms with van der Waals surface area (Å²) in [5.74, 6) is 0.329. The maximum atomic E-state index is 13.6. The molecule has 3 heteroatoms. The molecule has 2 aromatic rings. The Morgan fingerprint density at radius 2 is 1.94 bits per heavy atom. The smallest absolute Gasteiger partial charge is 0.129 e. The Balaban J connectivity index is 2.16. The van der Waals surface area contributed by atoms with E-state index in [1.54, 1.807) is 23.9 Å². The third-order valence-electron chi connectivity index (χ3n) is 2.86. The van der Waals surface area contributed by atoms with Crippen molar-refractivity contribution in [2.75, 3.05) is 5.73 Å². The molecule has 0 unspecified atom stereocenters. The third-order valence-corrected chi connectivity index (χ3v) is 4.06. The second kappa shape index (κ2) is 5.44. The monoisotopic (exact) mass is 261 g/mol. The molecule has 0 heterocycles. The number of halogens is 1. The Labute approximate surface area is 111 Å². The first-order valence-corrected chi connectivity index (χ1v) is 6.79. The second-order valence-electron chi connectivity index (χ2n) is 4.37. The van der Waals surface area contributed by atoms with Crippen molar-refractivity contribution in [3.8, 4) is 0 Å². The van der Waals surface area contributed by atoms with Gasteiger partial charge in [-0.2, -0.15) is 0 Å². The SMILES string of the molecule is Cc1ccc(SCc2c(N)cccc2F)c(C)c1. The van der Waals surface area contributed by atoms with Crippen molar-refractivity contribution < 1.29 is 4.39 Å². The van der Waals surface area contributed by atoms with Gasteiger partial charge in [0.25, 0.3) is 0 Å². The maximum Gasteiger partial charge on any atom is 0.129 e. The highest BCUT2D eigenvalue weighted by Crippen LogP contribution is 2.29. The van der Waals surface area contributed by atoms with Crippen LogP contribution in [0.25, 0.3) is 0 Å². The number of thioether (sulfide) groups is 1. The van der Waals surface area contributed by atoms with Gasteiger partial charge in [0.15, 0.2) is 0 Å². The zero-order valence-corrected chi connectivity index (χ0v) is 11.4. The van der Waals surface area contributed by atoms with Crippen LogP contribution >= 0.6 is 11.8 Å². The molecule has 0 saturated heterocycles. The predicted octanol–water partition coefficient (Wildman–Crippen LogP) is 4.32. The van der Waals surface area contributed by atoms with Crippen LogP contribution in [0.2, 0.25) is 0 Å².